The van der Waals surface area contributed by atoms with Crippen molar-refractivity contribution in [3.05, 3.63) is 59.4 Å². The number of anilines is 2. The van der Waals surface area contributed by atoms with Gasteiger partial charge in [-0.2, -0.15) is 18.2 Å². The molecule has 4 aromatic rings. The van der Waals surface area contributed by atoms with Crippen LogP contribution in [-0.2, 0) is 0 Å². The van der Waals surface area contributed by atoms with Crippen LogP contribution in [0.5, 0.6) is 0 Å². The Morgan fingerprint density at radius 1 is 1.08 bits per heavy atom. The Bertz CT molecular complexity index is 1540. The summed E-state index contributed by atoms with van der Waals surface area (Å²) >= 11 is 0. The second-order valence-corrected chi connectivity index (χ2v) is 8.42. The molecule has 0 N–H and O–H groups in total. The van der Waals surface area contributed by atoms with Crippen LogP contribution in [0, 0.1) is 35.8 Å². The summed E-state index contributed by atoms with van der Waals surface area (Å²) in [5.41, 5.74) is -2.84. The highest BCUT2D eigenvalue weighted by atomic mass is 19.4. The first-order chi connectivity index (χ1) is 17.0. The van der Waals surface area contributed by atoms with E-state index in [1.807, 2.05) is 0 Å². The van der Waals surface area contributed by atoms with Crippen LogP contribution < -0.4 is 4.90 Å². The van der Waals surface area contributed by atoms with Crippen molar-refractivity contribution in [3.63, 3.8) is 0 Å². The summed E-state index contributed by atoms with van der Waals surface area (Å²) in [5, 5.41) is 7.59. The molecule has 2 aromatic carbocycles. The van der Waals surface area contributed by atoms with E-state index >= 15 is 8.78 Å². The number of aromatic nitrogens is 4. The third-order valence-electron chi connectivity index (χ3n) is 6.04. The number of halogens is 7. The fraction of sp³-hybridized carbons (Fsp3) is 0.292. The summed E-state index contributed by atoms with van der Waals surface area (Å²) in [6.07, 6.45) is -7.97. The summed E-state index contributed by atoms with van der Waals surface area (Å²) in [6.45, 7) is 0.512. The van der Waals surface area contributed by atoms with Crippen LogP contribution in [0.15, 0.2) is 36.4 Å². The van der Waals surface area contributed by atoms with E-state index in [2.05, 4.69) is 27.0 Å². The monoisotopic (exact) mass is 507 g/mol. The van der Waals surface area contributed by atoms with Gasteiger partial charge in [-0.25, -0.2) is 17.6 Å². The maximum atomic E-state index is 15.5. The fourth-order valence-electron chi connectivity index (χ4n) is 4.03. The zero-order chi connectivity index (χ0) is 25.8. The lowest BCUT2D eigenvalue weighted by Crippen LogP contribution is -2.27. The van der Waals surface area contributed by atoms with Crippen LogP contribution in [0.25, 0.3) is 16.7 Å². The third kappa shape index (κ3) is 3.88. The van der Waals surface area contributed by atoms with Gasteiger partial charge in [-0.3, -0.25) is 4.40 Å². The molecule has 1 aliphatic carbocycles. The van der Waals surface area contributed by atoms with Gasteiger partial charge in [-0.1, -0.05) is 24.0 Å². The largest absolute Gasteiger partial charge is 0.405 e. The van der Waals surface area contributed by atoms with Gasteiger partial charge >= 0.3 is 6.18 Å². The molecule has 186 valence electrons. The fourth-order valence-corrected chi connectivity index (χ4v) is 4.03. The molecule has 1 fully saturated rings. The van der Waals surface area contributed by atoms with Gasteiger partial charge in [0.1, 0.15) is 22.9 Å². The van der Waals surface area contributed by atoms with Crippen molar-refractivity contribution in [2.24, 2.45) is 5.41 Å². The van der Waals surface area contributed by atoms with Crippen LogP contribution in [0.1, 0.15) is 24.2 Å². The minimum absolute atomic E-state index is 0.0305. The van der Waals surface area contributed by atoms with Crippen molar-refractivity contribution in [3.8, 4) is 11.8 Å². The summed E-state index contributed by atoms with van der Waals surface area (Å²) < 4.78 is 99.1. The van der Waals surface area contributed by atoms with E-state index < -0.39 is 47.4 Å². The second kappa shape index (κ2) is 8.36. The second-order valence-electron chi connectivity index (χ2n) is 8.42. The average Bonchev–Trinajstić information content (AvgIpc) is 3.53. The maximum Gasteiger partial charge on any atom is 0.405 e. The predicted molar refractivity (Wildman–Crippen MR) is 117 cm³/mol. The molecular weight excluding hydrogens is 491 g/mol. The maximum absolute atomic E-state index is 15.5. The molecular formula is C24H16F7N5. The molecule has 5 rings (SSSR count). The smallest absolute Gasteiger partial charge is 0.317 e. The van der Waals surface area contributed by atoms with Gasteiger partial charge in [0, 0.05) is 0 Å². The van der Waals surface area contributed by atoms with Gasteiger partial charge in [0.15, 0.2) is 5.82 Å². The van der Waals surface area contributed by atoms with Crippen molar-refractivity contribution in [2.75, 3.05) is 11.4 Å². The van der Waals surface area contributed by atoms with Crippen molar-refractivity contribution in [1.29, 1.82) is 0 Å². The lowest BCUT2D eigenvalue weighted by atomic mass is 10.1. The molecule has 0 radical (unpaired) electrons. The van der Waals surface area contributed by atoms with Gasteiger partial charge in [0.05, 0.1) is 28.7 Å². The van der Waals surface area contributed by atoms with Crippen LogP contribution in [0.4, 0.5) is 42.2 Å². The molecule has 1 saturated carbocycles. The molecule has 0 saturated heterocycles. The number of aryl methyl sites for hydroxylation is 1. The Hall–Kier alpha value is -3.88. The molecule has 0 amide bonds. The number of rotatable bonds is 4. The van der Waals surface area contributed by atoms with Gasteiger partial charge in [0.25, 0.3) is 12.2 Å². The van der Waals surface area contributed by atoms with Gasteiger partial charge in [-0.15, -0.1) is 10.2 Å². The lowest BCUT2D eigenvalue weighted by Gasteiger charge is -2.26. The van der Waals surface area contributed by atoms with Crippen molar-refractivity contribution in [2.45, 2.75) is 32.4 Å². The highest BCUT2D eigenvalue weighted by Crippen LogP contribution is 2.57. The minimum Gasteiger partial charge on any atom is -0.317 e. The molecule has 36 heavy (non-hydrogen) atoms. The summed E-state index contributed by atoms with van der Waals surface area (Å²) in [4.78, 5) is 4.98. The van der Waals surface area contributed by atoms with Crippen molar-refractivity contribution >= 4 is 28.2 Å². The topological polar surface area (TPSA) is 46.3 Å². The number of nitrogens with zero attached hydrogens (tertiary/aromatic N) is 5. The van der Waals surface area contributed by atoms with Gasteiger partial charge in [0.2, 0.25) is 0 Å². The highest BCUT2D eigenvalue weighted by molar-refractivity contribution is 5.94. The molecule has 0 spiro atoms. The SMILES string of the molecule is Cc1nnc2nc(N(CC(F)F)c3cccc(C#CC4(C(F)(F)F)CC4)c3F)c3c(F)cccc3n12. The normalized spacial score (nSPS) is 14.8. The van der Waals surface area contributed by atoms with Crippen LogP contribution in [0.2, 0.25) is 0 Å². The molecule has 1 aliphatic rings. The number of benzene rings is 2. The molecule has 0 unspecified atom stereocenters. The summed E-state index contributed by atoms with van der Waals surface area (Å²) in [6, 6.07) is 7.58. The lowest BCUT2D eigenvalue weighted by molar-refractivity contribution is -0.168. The Morgan fingerprint density at radius 2 is 1.81 bits per heavy atom. The van der Waals surface area contributed by atoms with E-state index in [1.54, 1.807) is 6.92 Å². The van der Waals surface area contributed by atoms with Crippen LogP contribution in [0.3, 0.4) is 0 Å². The van der Waals surface area contributed by atoms with E-state index in [9.17, 15) is 22.0 Å². The highest BCUT2D eigenvalue weighted by Gasteiger charge is 2.62. The molecule has 12 heteroatoms. The third-order valence-corrected chi connectivity index (χ3v) is 6.04. The summed E-state index contributed by atoms with van der Waals surface area (Å²) in [5.74, 6) is 2.37. The van der Waals surface area contributed by atoms with Gasteiger partial charge < -0.3 is 4.90 Å². The Kier molecular flexibility index (Phi) is 5.54. The number of hydrogen-bond donors (Lipinski definition) is 0. The standard InChI is InChI=1S/C24H16F7N5/c1-13-33-34-22-32-21(19-15(25)5-3-6-16(19)36(13)22)35(12-18(26)27)17-7-2-4-14(20(17)28)8-9-23(10-11-23)24(29,30)31/h2-7,18H,10-12H2,1H3. The number of hydrogen-bond acceptors (Lipinski definition) is 4. The number of alkyl halides is 5. The first kappa shape index (κ1) is 23.8. The minimum atomic E-state index is -4.57. The summed E-state index contributed by atoms with van der Waals surface area (Å²) in [7, 11) is 0. The van der Waals surface area contributed by atoms with E-state index in [-0.39, 0.29) is 35.3 Å². The first-order valence-corrected chi connectivity index (χ1v) is 10.8. The zero-order valence-corrected chi connectivity index (χ0v) is 18.5. The predicted octanol–water partition coefficient (Wildman–Crippen LogP) is 5.96. The van der Waals surface area contributed by atoms with Crippen molar-refractivity contribution < 1.29 is 30.7 Å². The molecule has 0 bridgehead atoms. The zero-order valence-electron chi connectivity index (χ0n) is 18.5. The first-order valence-electron chi connectivity index (χ1n) is 10.8. The molecule has 5 nitrogen and oxygen atoms in total. The van der Waals surface area contributed by atoms with E-state index in [0.29, 0.717) is 5.82 Å². The average molecular weight is 507 g/mol. The van der Waals surface area contributed by atoms with E-state index in [1.165, 1.54) is 22.6 Å². The number of fused-ring (bicyclic) bond motifs is 3. The molecule has 0 atom stereocenters. The molecule has 2 aromatic heterocycles. The van der Waals surface area contributed by atoms with Crippen molar-refractivity contribution in [1.82, 2.24) is 19.6 Å². The Labute approximate surface area is 199 Å². The Balaban J connectivity index is 1.71. The van der Waals surface area contributed by atoms with Crippen LogP contribution >= 0.6 is 0 Å². The quantitative estimate of drug-likeness (QED) is 0.253. The van der Waals surface area contributed by atoms with E-state index in [0.717, 1.165) is 23.1 Å². The molecule has 0 aliphatic heterocycles. The van der Waals surface area contributed by atoms with Gasteiger partial charge in [-0.05, 0) is 44.0 Å². The Morgan fingerprint density at radius 3 is 2.47 bits per heavy atom. The van der Waals surface area contributed by atoms with Crippen LogP contribution in [-0.4, -0.2) is 38.7 Å². The molecule has 2 heterocycles. The van der Waals surface area contributed by atoms with E-state index in [4.69, 9.17) is 0 Å².